The van der Waals surface area contributed by atoms with Gasteiger partial charge >= 0.3 is 0 Å². The average molecular weight is 254 g/mol. The van der Waals surface area contributed by atoms with E-state index in [1.54, 1.807) is 0 Å². The van der Waals surface area contributed by atoms with E-state index in [1.807, 2.05) is 0 Å². The van der Waals surface area contributed by atoms with Gasteiger partial charge in [-0.05, 0) is 6.42 Å². The number of aromatic nitrogens is 2. The van der Waals surface area contributed by atoms with Crippen molar-refractivity contribution >= 4 is 33.2 Å². The van der Waals surface area contributed by atoms with Gasteiger partial charge in [0.2, 0.25) is 10.0 Å². The van der Waals surface area contributed by atoms with Crippen LogP contribution in [0.25, 0.3) is 0 Å². The minimum atomic E-state index is -3.07. The Morgan fingerprint density at radius 2 is 2.36 bits per heavy atom. The topological polar surface area (TPSA) is 63.2 Å². The molecule has 0 aromatic carbocycles. The third kappa shape index (κ3) is 1.90. The minimum absolute atomic E-state index is 0.224. The average Bonchev–Trinajstić information content (AvgIpc) is 2.62. The summed E-state index contributed by atoms with van der Waals surface area (Å²) in [5.74, 6) is 0.224. The van der Waals surface area contributed by atoms with Crippen molar-refractivity contribution in [3.8, 4) is 0 Å². The van der Waals surface area contributed by atoms with Crippen LogP contribution >= 0.6 is 23.1 Å². The monoisotopic (exact) mass is 253 g/mol. The van der Waals surface area contributed by atoms with E-state index in [0.29, 0.717) is 23.0 Å². The maximum Gasteiger partial charge on any atom is 0.214 e. The highest BCUT2D eigenvalue weighted by Crippen LogP contribution is 2.22. The molecule has 1 aliphatic rings. The van der Waals surface area contributed by atoms with Gasteiger partial charge in [-0.1, -0.05) is 16.1 Å². The zero-order chi connectivity index (χ0) is 10.2. The van der Waals surface area contributed by atoms with Gasteiger partial charge in [0.1, 0.15) is 10.0 Å². The van der Waals surface area contributed by atoms with E-state index in [1.165, 1.54) is 4.31 Å². The van der Waals surface area contributed by atoms with Crippen LogP contribution in [0.5, 0.6) is 0 Å². The van der Waals surface area contributed by atoms with Crippen LogP contribution in [0.15, 0.2) is 0 Å². The molecule has 1 saturated heterocycles. The number of rotatable bonds is 2. The minimum Gasteiger partial charge on any atom is -0.212 e. The van der Waals surface area contributed by atoms with Gasteiger partial charge in [-0.15, -0.1) is 5.10 Å². The van der Waals surface area contributed by atoms with Crippen molar-refractivity contribution in [3.05, 3.63) is 10.0 Å². The number of nitrogens with zero attached hydrogens (tertiary/aromatic N) is 3. The standard InChI is InChI=1S/C6H8ClN3O2S2/c7-6-5(8-9-13-6)4-10-2-1-3-14(10,11)12/h1-4H2. The van der Waals surface area contributed by atoms with Crippen LogP contribution in [-0.2, 0) is 16.6 Å². The maximum absolute atomic E-state index is 11.4. The highest BCUT2D eigenvalue weighted by molar-refractivity contribution is 7.89. The lowest BCUT2D eigenvalue weighted by molar-refractivity contribution is 0.434. The van der Waals surface area contributed by atoms with Gasteiger partial charge in [-0.3, -0.25) is 0 Å². The fourth-order valence-electron chi connectivity index (χ4n) is 1.33. The van der Waals surface area contributed by atoms with Gasteiger partial charge in [0.05, 0.1) is 12.3 Å². The maximum atomic E-state index is 11.4. The van der Waals surface area contributed by atoms with Crippen LogP contribution in [0, 0.1) is 0 Å². The molecule has 1 aliphatic heterocycles. The van der Waals surface area contributed by atoms with E-state index >= 15 is 0 Å². The van der Waals surface area contributed by atoms with Gasteiger partial charge in [-0.25, -0.2) is 8.42 Å². The van der Waals surface area contributed by atoms with Crippen LogP contribution < -0.4 is 0 Å². The Labute approximate surface area is 90.9 Å². The van der Waals surface area contributed by atoms with Gasteiger partial charge < -0.3 is 0 Å². The zero-order valence-corrected chi connectivity index (χ0v) is 9.57. The van der Waals surface area contributed by atoms with Crippen molar-refractivity contribution in [2.45, 2.75) is 13.0 Å². The van der Waals surface area contributed by atoms with Crippen molar-refractivity contribution < 1.29 is 8.42 Å². The molecule has 14 heavy (non-hydrogen) atoms. The molecule has 8 heteroatoms. The van der Waals surface area contributed by atoms with Gasteiger partial charge in [0, 0.05) is 18.1 Å². The van der Waals surface area contributed by atoms with E-state index in [-0.39, 0.29) is 12.3 Å². The van der Waals surface area contributed by atoms with E-state index in [0.717, 1.165) is 11.5 Å². The predicted molar refractivity (Wildman–Crippen MR) is 53.7 cm³/mol. The Hall–Kier alpha value is -0.240. The van der Waals surface area contributed by atoms with Gasteiger partial charge in [0.25, 0.3) is 0 Å². The zero-order valence-electron chi connectivity index (χ0n) is 7.18. The third-order valence-electron chi connectivity index (χ3n) is 2.04. The molecule has 0 unspecified atom stereocenters. The summed E-state index contributed by atoms with van der Waals surface area (Å²) in [6, 6.07) is 0. The molecule has 0 saturated carbocycles. The summed E-state index contributed by atoms with van der Waals surface area (Å²) < 4.78 is 28.4. The second kappa shape index (κ2) is 3.73. The molecule has 0 bridgehead atoms. The number of halogens is 1. The Morgan fingerprint density at radius 1 is 1.57 bits per heavy atom. The second-order valence-electron chi connectivity index (χ2n) is 3.00. The highest BCUT2D eigenvalue weighted by atomic mass is 35.5. The number of hydrogen-bond acceptors (Lipinski definition) is 5. The number of sulfonamides is 1. The van der Waals surface area contributed by atoms with Crippen molar-refractivity contribution in [2.75, 3.05) is 12.3 Å². The van der Waals surface area contributed by atoms with E-state index in [2.05, 4.69) is 9.59 Å². The molecular weight excluding hydrogens is 246 g/mol. The van der Waals surface area contributed by atoms with E-state index in [4.69, 9.17) is 11.6 Å². The SMILES string of the molecule is O=S1(=O)CCCN1Cc1nnsc1Cl. The normalized spacial score (nSPS) is 21.5. The summed E-state index contributed by atoms with van der Waals surface area (Å²) in [6.45, 7) is 0.799. The lowest BCUT2D eigenvalue weighted by atomic mass is 10.4. The molecule has 2 heterocycles. The summed E-state index contributed by atoms with van der Waals surface area (Å²) in [7, 11) is -3.07. The molecule has 0 spiro atoms. The van der Waals surface area contributed by atoms with Gasteiger partial charge in [-0.2, -0.15) is 4.31 Å². The Balaban J connectivity index is 2.16. The summed E-state index contributed by atoms with van der Waals surface area (Å²) in [5.41, 5.74) is 0.544. The molecule has 1 aromatic heterocycles. The first-order chi connectivity index (χ1) is 6.59. The quantitative estimate of drug-likeness (QED) is 0.780. The molecule has 0 radical (unpaired) electrons. The molecule has 0 N–H and O–H groups in total. The largest absolute Gasteiger partial charge is 0.214 e. The fourth-order valence-corrected chi connectivity index (χ4v) is 3.42. The molecule has 0 aliphatic carbocycles. The summed E-state index contributed by atoms with van der Waals surface area (Å²) in [4.78, 5) is 0. The third-order valence-corrected chi connectivity index (χ3v) is 4.93. The Bertz CT molecular complexity index is 430. The summed E-state index contributed by atoms with van der Waals surface area (Å²) >= 11 is 6.85. The first kappa shape index (κ1) is 10.3. The molecule has 78 valence electrons. The van der Waals surface area contributed by atoms with E-state index in [9.17, 15) is 8.42 Å². The molecule has 2 rings (SSSR count). The predicted octanol–water partition coefficient (Wildman–Crippen LogP) is 0.727. The highest BCUT2D eigenvalue weighted by Gasteiger charge is 2.29. The molecule has 1 aromatic rings. The smallest absolute Gasteiger partial charge is 0.212 e. The first-order valence-corrected chi connectivity index (χ1v) is 6.80. The molecule has 5 nitrogen and oxygen atoms in total. The lowest BCUT2D eigenvalue weighted by Gasteiger charge is -2.11. The van der Waals surface area contributed by atoms with Crippen LogP contribution in [0.1, 0.15) is 12.1 Å². The second-order valence-corrected chi connectivity index (χ2v) is 6.44. The first-order valence-electron chi connectivity index (χ1n) is 4.04. The van der Waals surface area contributed by atoms with Crippen molar-refractivity contribution in [2.24, 2.45) is 0 Å². The molecule has 0 amide bonds. The van der Waals surface area contributed by atoms with Gasteiger partial charge in [0.15, 0.2) is 0 Å². The fraction of sp³-hybridized carbons (Fsp3) is 0.667. The Morgan fingerprint density at radius 3 is 2.86 bits per heavy atom. The molecular formula is C6H8ClN3O2S2. The van der Waals surface area contributed by atoms with Crippen molar-refractivity contribution in [1.82, 2.24) is 13.9 Å². The number of hydrogen-bond donors (Lipinski definition) is 0. The van der Waals surface area contributed by atoms with Crippen LogP contribution in [0.2, 0.25) is 4.34 Å². The van der Waals surface area contributed by atoms with Crippen molar-refractivity contribution in [1.29, 1.82) is 0 Å². The van der Waals surface area contributed by atoms with Crippen LogP contribution in [-0.4, -0.2) is 34.6 Å². The Kier molecular flexibility index (Phi) is 2.74. The van der Waals surface area contributed by atoms with E-state index < -0.39 is 10.0 Å². The summed E-state index contributed by atoms with van der Waals surface area (Å²) in [6.07, 6.45) is 0.678. The molecule has 1 fully saturated rings. The van der Waals surface area contributed by atoms with Crippen LogP contribution in [0.3, 0.4) is 0 Å². The molecule has 0 atom stereocenters. The van der Waals surface area contributed by atoms with Crippen LogP contribution in [0.4, 0.5) is 0 Å². The van der Waals surface area contributed by atoms with Crippen molar-refractivity contribution in [3.63, 3.8) is 0 Å². The summed E-state index contributed by atoms with van der Waals surface area (Å²) in [5, 5.41) is 3.78. The lowest BCUT2D eigenvalue weighted by Crippen LogP contribution is -2.25.